The number of hydrogen-bond acceptors (Lipinski definition) is 4. The minimum atomic E-state index is -0.865. The molecule has 1 saturated carbocycles. The Bertz CT molecular complexity index is 1550. The Morgan fingerprint density at radius 1 is 0.610 bits per heavy atom. The highest BCUT2D eigenvalue weighted by molar-refractivity contribution is 9.10. The highest BCUT2D eigenvalue weighted by Gasteiger charge is 2.65. The van der Waals surface area contributed by atoms with Gasteiger partial charge in [-0.25, -0.2) is 0 Å². The van der Waals surface area contributed by atoms with Gasteiger partial charge in [-0.3, -0.25) is 0 Å². The van der Waals surface area contributed by atoms with Gasteiger partial charge in [0.1, 0.15) is 23.0 Å². The Labute approximate surface area is 266 Å². The number of aromatic hydroxyl groups is 4. The zero-order valence-corrected chi connectivity index (χ0v) is 27.4. The zero-order chi connectivity index (χ0) is 29.9. The van der Waals surface area contributed by atoms with E-state index in [1.807, 2.05) is 48.5 Å². The van der Waals surface area contributed by atoms with E-state index in [4.69, 9.17) is 23.2 Å². The van der Waals surface area contributed by atoms with Crippen LogP contribution in [0.3, 0.4) is 0 Å². The normalized spacial score (nSPS) is 19.1. The van der Waals surface area contributed by atoms with Gasteiger partial charge < -0.3 is 20.4 Å². The van der Waals surface area contributed by atoms with Crippen LogP contribution in [0.15, 0.2) is 81.7 Å². The third-order valence-corrected chi connectivity index (χ3v) is 10.7. The van der Waals surface area contributed by atoms with Crippen LogP contribution in [0.2, 0.25) is 10.0 Å². The van der Waals surface area contributed by atoms with Crippen molar-refractivity contribution in [3.63, 3.8) is 0 Å². The number of phenolic OH excluding ortho intramolecular Hbond substituents is 4. The van der Waals surface area contributed by atoms with Crippen LogP contribution in [-0.2, 0) is 10.8 Å². The molecule has 214 valence electrons. The molecule has 0 bridgehead atoms. The molecule has 1 aliphatic rings. The first-order valence-corrected chi connectivity index (χ1v) is 15.5. The lowest BCUT2D eigenvalue weighted by molar-refractivity contribution is 0.0272. The van der Waals surface area contributed by atoms with Gasteiger partial charge in [0, 0.05) is 10.8 Å². The fourth-order valence-electron chi connectivity index (χ4n) is 7.65. The molecule has 41 heavy (non-hydrogen) atoms. The molecule has 0 aliphatic heterocycles. The maximum atomic E-state index is 10.6. The molecule has 0 amide bonds. The molecule has 5 rings (SSSR count). The summed E-state index contributed by atoms with van der Waals surface area (Å²) in [6.07, 6.45) is 1.51. The Kier molecular flexibility index (Phi) is 7.86. The third-order valence-electron chi connectivity index (χ3n) is 8.81. The van der Waals surface area contributed by atoms with E-state index in [0.29, 0.717) is 15.4 Å². The molecular formula is C33H30Br2Cl2O4. The molecule has 1 aliphatic carbocycles. The summed E-state index contributed by atoms with van der Waals surface area (Å²) in [5.41, 5.74) is 1.38. The van der Waals surface area contributed by atoms with Gasteiger partial charge in [0.15, 0.2) is 0 Å². The van der Waals surface area contributed by atoms with Crippen molar-refractivity contribution in [3.05, 3.63) is 114 Å². The minimum Gasteiger partial charge on any atom is -0.507 e. The lowest BCUT2D eigenvalue weighted by Gasteiger charge is -2.64. The van der Waals surface area contributed by atoms with E-state index in [2.05, 4.69) is 52.6 Å². The van der Waals surface area contributed by atoms with Gasteiger partial charge >= 0.3 is 0 Å². The molecule has 4 nitrogen and oxygen atoms in total. The van der Waals surface area contributed by atoms with Gasteiger partial charge in [-0.2, -0.15) is 0 Å². The van der Waals surface area contributed by atoms with Crippen molar-refractivity contribution in [2.75, 3.05) is 0 Å². The summed E-state index contributed by atoms with van der Waals surface area (Å²) < 4.78 is 1.09. The van der Waals surface area contributed by atoms with Gasteiger partial charge in [-0.1, -0.05) is 68.2 Å². The number of halogens is 4. The molecule has 4 N–H and O–H groups in total. The first-order valence-electron chi connectivity index (χ1n) is 13.2. The van der Waals surface area contributed by atoms with Crippen LogP contribution in [0, 0.1) is 11.3 Å². The molecular weight excluding hydrogens is 691 g/mol. The molecule has 8 heteroatoms. The maximum Gasteiger partial charge on any atom is 0.134 e. The lowest BCUT2D eigenvalue weighted by atomic mass is 9.37. The summed E-state index contributed by atoms with van der Waals surface area (Å²) in [6, 6.07) is 21.8. The molecule has 0 radical (unpaired) electrons. The Morgan fingerprint density at radius 3 is 1.39 bits per heavy atom. The number of hydrogen-bond donors (Lipinski definition) is 4. The molecule has 4 aromatic carbocycles. The van der Waals surface area contributed by atoms with E-state index in [9.17, 15) is 20.4 Å². The summed E-state index contributed by atoms with van der Waals surface area (Å²) in [6.45, 7) is 6.70. The molecule has 0 saturated heterocycles. The first kappa shape index (κ1) is 30.1. The second kappa shape index (κ2) is 10.7. The van der Waals surface area contributed by atoms with Gasteiger partial charge in [-0.15, -0.1) is 0 Å². The Balaban J connectivity index is 2.08. The average Bonchev–Trinajstić information content (AvgIpc) is 2.90. The van der Waals surface area contributed by atoms with Crippen molar-refractivity contribution in [2.45, 2.75) is 44.4 Å². The predicted octanol–water partition coefficient (Wildman–Crippen LogP) is 10.1. The van der Waals surface area contributed by atoms with Crippen molar-refractivity contribution in [1.82, 2.24) is 0 Å². The molecule has 0 heterocycles. The van der Waals surface area contributed by atoms with Crippen molar-refractivity contribution >= 4 is 55.1 Å². The third kappa shape index (κ3) is 4.62. The van der Waals surface area contributed by atoms with Crippen LogP contribution in [-0.4, -0.2) is 20.4 Å². The standard InChI is InChI=1S/C33H30Br2Cl2O4/c1-18-16-31(2,3)33(21-6-8-27(38)23(34)12-21,22-7-9-28(39)24(35)13-22)32(17-18,19-4-10-29(40)25(36)14-19)20-5-11-30(41)26(37)15-20/h4-15,18,38-41H,16-17H2,1-3H3. The summed E-state index contributed by atoms with van der Waals surface area (Å²) in [7, 11) is 0. The average molecular weight is 721 g/mol. The topological polar surface area (TPSA) is 80.9 Å². The number of phenols is 4. The molecule has 0 spiro atoms. The van der Waals surface area contributed by atoms with E-state index in [0.717, 1.165) is 28.7 Å². The summed E-state index contributed by atoms with van der Waals surface area (Å²) in [5.74, 6) is 0.414. The van der Waals surface area contributed by atoms with Crippen LogP contribution in [0.25, 0.3) is 0 Å². The van der Waals surface area contributed by atoms with Crippen LogP contribution >= 0.6 is 55.1 Å². The molecule has 4 aromatic rings. The quantitative estimate of drug-likeness (QED) is 0.169. The molecule has 0 aromatic heterocycles. The fourth-order valence-corrected chi connectivity index (χ4v) is 8.77. The first-order chi connectivity index (χ1) is 19.2. The highest BCUT2D eigenvalue weighted by atomic mass is 79.9. The van der Waals surface area contributed by atoms with Crippen molar-refractivity contribution in [1.29, 1.82) is 0 Å². The Morgan fingerprint density at radius 2 is 1.00 bits per heavy atom. The van der Waals surface area contributed by atoms with Gasteiger partial charge in [-0.05, 0) is 127 Å². The van der Waals surface area contributed by atoms with Gasteiger partial charge in [0.05, 0.1) is 19.0 Å². The molecule has 1 atom stereocenters. The summed E-state index contributed by atoms with van der Waals surface area (Å²) in [5, 5.41) is 42.5. The van der Waals surface area contributed by atoms with Crippen molar-refractivity contribution < 1.29 is 20.4 Å². The number of benzene rings is 4. The van der Waals surface area contributed by atoms with E-state index in [1.54, 1.807) is 24.3 Å². The Hall–Kier alpha value is -2.38. The van der Waals surface area contributed by atoms with Gasteiger partial charge in [0.2, 0.25) is 0 Å². The van der Waals surface area contributed by atoms with Crippen molar-refractivity contribution in [2.24, 2.45) is 11.3 Å². The minimum absolute atomic E-state index is 0.0252. The smallest absolute Gasteiger partial charge is 0.134 e. The largest absolute Gasteiger partial charge is 0.507 e. The monoisotopic (exact) mass is 718 g/mol. The second-order valence-corrected chi connectivity index (χ2v) is 14.2. The summed E-state index contributed by atoms with van der Waals surface area (Å²) >= 11 is 20.4. The van der Waals surface area contributed by atoms with Gasteiger partial charge in [0.25, 0.3) is 0 Å². The van der Waals surface area contributed by atoms with Crippen LogP contribution < -0.4 is 0 Å². The molecule has 1 unspecified atom stereocenters. The van der Waals surface area contributed by atoms with Crippen molar-refractivity contribution in [3.8, 4) is 23.0 Å². The maximum absolute atomic E-state index is 10.6. The number of rotatable bonds is 4. The lowest BCUT2D eigenvalue weighted by Crippen LogP contribution is -2.63. The predicted molar refractivity (Wildman–Crippen MR) is 172 cm³/mol. The SMILES string of the molecule is CC1CC(C)(C)C(c2ccc(O)c(Br)c2)(c2ccc(O)c(Br)c2)C(c2ccc(O)c(Cl)c2)(c2ccc(O)c(Cl)c2)C1. The van der Waals surface area contributed by atoms with E-state index in [1.165, 1.54) is 0 Å². The second-order valence-electron chi connectivity index (χ2n) is 11.7. The highest BCUT2D eigenvalue weighted by Crippen LogP contribution is 2.69. The van der Waals surface area contributed by atoms with Crippen LogP contribution in [0.4, 0.5) is 0 Å². The van der Waals surface area contributed by atoms with E-state index < -0.39 is 16.2 Å². The van der Waals surface area contributed by atoms with E-state index in [-0.39, 0.29) is 39.0 Å². The van der Waals surface area contributed by atoms with E-state index >= 15 is 0 Å². The van der Waals surface area contributed by atoms with Crippen LogP contribution in [0.5, 0.6) is 23.0 Å². The summed E-state index contributed by atoms with van der Waals surface area (Å²) in [4.78, 5) is 0. The zero-order valence-electron chi connectivity index (χ0n) is 22.7. The molecule has 1 fully saturated rings. The fraction of sp³-hybridized carbons (Fsp3) is 0.273. The van der Waals surface area contributed by atoms with Crippen LogP contribution in [0.1, 0.15) is 55.9 Å².